The molecule has 0 aliphatic carbocycles. The SMILES string of the molecule is CC=C(C)CN1CCN(c2ccccn2)CC1. The van der Waals surface area contributed by atoms with Crippen LogP contribution in [0.3, 0.4) is 0 Å². The second-order valence-corrected chi connectivity index (χ2v) is 4.59. The van der Waals surface area contributed by atoms with Crippen molar-refractivity contribution < 1.29 is 0 Å². The molecule has 0 unspecified atom stereocenters. The second-order valence-electron chi connectivity index (χ2n) is 4.59. The highest BCUT2D eigenvalue weighted by atomic mass is 15.3. The van der Waals surface area contributed by atoms with Crippen molar-refractivity contribution in [1.29, 1.82) is 0 Å². The van der Waals surface area contributed by atoms with Gasteiger partial charge in [0.2, 0.25) is 0 Å². The second kappa shape index (κ2) is 5.82. The Morgan fingerprint density at radius 1 is 1.29 bits per heavy atom. The van der Waals surface area contributed by atoms with Gasteiger partial charge in [0.25, 0.3) is 0 Å². The lowest BCUT2D eigenvalue weighted by Crippen LogP contribution is -2.47. The van der Waals surface area contributed by atoms with E-state index in [9.17, 15) is 0 Å². The van der Waals surface area contributed by atoms with E-state index in [1.165, 1.54) is 5.57 Å². The minimum Gasteiger partial charge on any atom is -0.354 e. The van der Waals surface area contributed by atoms with Crippen LogP contribution >= 0.6 is 0 Å². The third-order valence-electron chi connectivity index (χ3n) is 3.31. The Hall–Kier alpha value is -1.35. The average molecular weight is 231 g/mol. The molecule has 3 heteroatoms. The molecule has 1 aromatic heterocycles. The topological polar surface area (TPSA) is 19.4 Å². The highest BCUT2D eigenvalue weighted by Gasteiger charge is 2.17. The lowest BCUT2D eigenvalue weighted by atomic mass is 10.2. The molecule has 1 fully saturated rings. The summed E-state index contributed by atoms with van der Waals surface area (Å²) in [4.78, 5) is 9.27. The largest absolute Gasteiger partial charge is 0.354 e. The van der Waals surface area contributed by atoms with E-state index in [4.69, 9.17) is 0 Å². The van der Waals surface area contributed by atoms with Crippen LogP contribution in [0.5, 0.6) is 0 Å². The maximum absolute atomic E-state index is 4.40. The zero-order chi connectivity index (χ0) is 12.1. The van der Waals surface area contributed by atoms with Crippen LogP contribution in [0.4, 0.5) is 5.82 Å². The van der Waals surface area contributed by atoms with Gasteiger partial charge < -0.3 is 4.90 Å². The monoisotopic (exact) mass is 231 g/mol. The summed E-state index contributed by atoms with van der Waals surface area (Å²) in [6.45, 7) is 9.82. The molecular formula is C14H21N3. The minimum atomic E-state index is 1.08. The standard InChI is InChI=1S/C14H21N3/c1-3-13(2)12-16-8-10-17(11-9-16)14-6-4-5-7-15-14/h3-7H,8-12H2,1-2H3. The third-order valence-corrected chi connectivity index (χ3v) is 3.31. The number of pyridine rings is 1. The van der Waals surface area contributed by atoms with Crippen LogP contribution in [0.1, 0.15) is 13.8 Å². The van der Waals surface area contributed by atoms with E-state index in [-0.39, 0.29) is 0 Å². The number of nitrogens with zero attached hydrogens (tertiary/aromatic N) is 3. The van der Waals surface area contributed by atoms with E-state index < -0.39 is 0 Å². The van der Waals surface area contributed by atoms with Crippen molar-refractivity contribution in [3.05, 3.63) is 36.0 Å². The Labute approximate surface area is 104 Å². The predicted molar refractivity (Wildman–Crippen MR) is 72.3 cm³/mol. The summed E-state index contributed by atoms with van der Waals surface area (Å²) < 4.78 is 0. The number of piperazine rings is 1. The van der Waals surface area contributed by atoms with Gasteiger partial charge in [0.1, 0.15) is 5.82 Å². The first-order chi connectivity index (χ1) is 8.29. The number of anilines is 1. The molecule has 0 N–H and O–H groups in total. The average Bonchev–Trinajstić information content (AvgIpc) is 2.40. The van der Waals surface area contributed by atoms with Gasteiger partial charge in [0.15, 0.2) is 0 Å². The lowest BCUT2D eigenvalue weighted by Gasteiger charge is -2.35. The predicted octanol–water partition coefficient (Wildman–Crippen LogP) is 2.17. The first kappa shape index (κ1) is 12.1. The number of aromatic nitrogens is 1. The third kappa shape index (κ3) is 3.30. The number of hydrogen-bond donors (Lipinski definition) is 0. The molecule has 92 valence electrons. The maximum atomic E-state index is 4.40. The molecule has 17 heavy (non-hydrogen) atoms. The van der Waals surface area contributed by atoms with E-state index in [2.05, 4.69) is 46.8 Å². The van der Waals surface area contributed by atoms with Crippen LogP contribution in [0.15, 0.2) is 36.0 Å². The van der Waals surface area contributed by atoms with Crippen molar-refractivity contribution in [1.82, 2.24) is 9.88 Å². The summed E-state index contributed by atoms with van der Waals surface area (Å²) in [5, 5.41) is 0. The van der Waals surface area contributed by atoms with Crippen molar-refractivity contribution >= 4 is 5.82 Å². The lowest BCUT2D eigenvalue weighted by molar-refractivity contribution is 0.277. The highest BCUT2D eigenvalue weighted by Crippen LogP contribution is 2.13. The highest BCUT2D eigenvalue weighted by molar-refractivity contribution is 5.38. The van der Waals surface area contributed by atoms with Gasteiger partial charge >= 0.3 is 0 Å². The summed E-state index contributed by atoms with van der Waals surface area (Å²) in [6.07, 6.45) is 4.07. The number of allylic oxidation sites excluding steroid dienone is 1. The molecule has 0 radical (unpaired) electrons. The fourth-order valence-corrected chi connectivity index (χ4v) is 2.12. The molecule has 0 amide bonds. The normalized spacial score (nSPS) is 18.5. The van der Waals surface area contributed by atoms with Crippen LogP contribution in [-0.2, 0) is 0 Å². The molecule has 1 aliphatic rings. The zero-order valence-corrected chi connectivity index (χ0v) is 10.8. The first-order valence-electron chi connectivity index (χ1n) is 6.29. The van der Waals surface area contributed by atoms with Gasteiger partial charge in [0.05, 0.1) is 0 Å². The van der Waals surface area contributed by atoms with E-state index >= 15 is 0 Å². The summed E-state index contributed by atoms with van der Waals surface area (Å²) in [5.41, 5.74) is 1.45. The van der Waals surface area contributed by atoms with Gasteiger partial charge in [-0.05, 0) is 26.0 Å². The van der Waals surface area contributed by atoms with E-state index in [1.807, 2.05) is 12.3 Å². The summed E-state index contributed by atoms with van der Waals surface area (Å²) in [6, 6.07) is 6.11. The molecule has 1 aromatic rings. The molecule has 0 aromatic carbocycles. The van der Waals surface area contributed by atoms with Crippen molar-refractivity contribution in [2.75, 3.05) is 37.6 Å². The van der Waals surface area contributed by atoms with Crippen molar-refractivity contribution in [2.45, 2.75) is 13.8 Å². The Balaban J connectivity index is 1.86. The van der Waals surface area contributed by atoms with Crippen LogP contribution < -0.4 is 4.90 Å². The summed E-state index contributed by atoms with van der Waals surface area (Å²) >= 11 is 0. The summed E-state index contributed by atoms with van der Waals surface area (Å²) in [7, 11) is 0. The Morgan fingerprint density at radius 3 is 2.65 bits per heavy atom. The fourth-order valence-electron chi connectivity index (χ4n) is 2.12. The van der Waals surface area contributed by atoms with Gasteiger partial charge in [-0.3, -0.25) is 4.90 Å². The van der Waals surface area contributed by atoms with Gasteiger partial charge in [-0.1, -0.05) is 17.7 Å². The van der Waals surface area contributed by atoms with Crippen LogP contribution in [0.25, 0.3) is 0 Å². The molecule has 0 bridgehead atoms. The van der Waals surface area contributed by atoms with Gasteiger partial charge in [0, 0.05) is 38.9 Å². The summed E-state index contributed by atoms with van der Waals surface area (Å²) in [5.74, 6) is 1.11. The molecule has 0 saturated carbocycles. The van der Waals surface area contributed by atoms with Crippen molar-refractivity contribution in [3.63, 3.8) is 0 Å². The molecule has 1 saturated heterocycles. The van der Waals surface area contributed by atoms with E-state index in [0.29, 0.717) is 0 Å². The van der Waals surface area contributed by atoms with Crippen molar-refractivity contribution in [3.8, 4) is 0 Å². The van der Waals surface area contributed by atoms with Crippen LogP contribution in [-0.4, -0.2) is 42.6 Å². The molecule has 3 nitrogen and oxygen atoms in total. The minimum absolute atomic E-state index is 1.08. The Bertz CT molecular complexity index is 364. The van der Waals surface area contributed by atoms with Gasteiger partial charge in [-0.2, -0.15) is 0 Å². The van der Waals surface area contributed by atoms with Gasteiger partial charge in [-0.15, -0.1) is 0 Å². The molecule has 1 aliphatic heterocycles. The van der Waals surface area contributed by atoms with Gasteiger partial charge in [-0.25, -0.2) is 4.98 Å². The quantitative estimate of drug-likeness (QED) is 0.743. The molecule has 2 rings (SSSR count). The Morgan fingerprint density at radius 2 is 2.06 bits per heavy atom. The van der Waals surface area contributed by atoms with Crippen molar-refractivity contribution in [2.24, 2.45) is 0 Å². The first-order valence-corrected chi connectivity index (χ1v) is 6.29. The smallest absolute Gasteiger partial charge is 0.128 e. The molecule has 0 spiro atoms. The Kier molecular flexibility index (Phi) is 4.15. The van der Waals surface area contributed by atoms with Crippen LogP contribution in [0.2, 0.25) is 0 Å². The number of rotatable bonds is 3. The fraction of sp³-hybridized carbons (Fsp3) is 0.500. The van der Waals surface area contributed by atoms with Crippen LogP contribution in [0, 0.1) is 0 Å². The van der Waals surface area contributed by atoms with E-state index in [0.717, 1.165) is 38.5 Å². The zero-order valence-electron chi connectivity index (χ0n) is 10.8. The molecule has 2 heterocycles. The molecule has 0 atom stereocenters. The van der Waals surface area contributed by atoms with E-state index in [1.54, 1.807) is 0 Å². The maximum Gasteiger partial charge on any atom is 0.128 e. The molecular weight excluding hydrogens is 210 g/mol. The number of hydrogen-bond acceptors (Lipinski definition) is 3.